The van der Waals surface area contributed by atoms with Crippen LogP contribution in [-0.4, -0.2) is 39.7 Å². The van der Waals surface area contributed by atoms with E-state index in [1.54, 1.807) is 32.0 Å². The van der Waals surface area contributed by atoms with Crippen molar-refractivity contribution in [3.8, 4) is 6.07 Å². The van der Waals surface area contributed by atoms with E-state index in [1.807, 2.05) is 19.1 Å². The van der Waals surface area contributed by atoms with Crippen LogP contribution in [0.15, 0.2) is 37.1 Å². The van der Waals surface area contributed by atoms with E-state index in [-0.39, 0.29) is 6.10 Å². The minimum absolute atomic E-state index is 0.0299. The van der Waals surface area contributed by atoms with E-state index in [0.29, 0.717) is 18.7 Å². The second-order valence-corrected chi connectivity index (χ2v) is 5.54. The number of fused-ring (bicyclic) bond motifs is 1. The summed E-state index contributed by atoms with van der Waals surface area (Å²) in [4.78, 5) is 18.1. The number of rotatable bonds is 6. The fourth-order valence-corrected chi connectivity index (χ4v) is 2.56. The van der Waals surface area contributed by atoms with Gasteiger partial charge in [0.1, 0.15) is 18.2 Å². The van der Waals surface area contributed by atoms with Gasteiger partial charge in [0.05, 0.1) is 29.9 Å². The molecule has 0 fully saturated rings. The molecule has 3 aromatic rings. The summed E-state index contributed by atoms with van der Waals surface area (Å²) >= 11 is 0. The number of nitrogens with one attached hydrogen (secondary N) is 1. The van der Waals surface area contributed by atoms with E-state index in [9.17, 15) is 0 Å². The predicted molar refractivity (Wildman–Crippen MR) is 90.4 cm³/mol. The average molecular weight is 322 g/mol. The summed E-state index contributed by atoms with van der Waals surface area (Å²) in [5.74, 6) is 0.819. The summed E-state index contributed by atoms with van der Waals surface area (Å²) in [6.45, 7) is 3.25. The van der Waals surface area contributed by atoms with E-state index in [1.165, 1.54) is 0 Å². The summed E-state index contributed by atoms with van der Waals surface area (Å²) in [5, 5.41) is 9.93. The number of aromatic amines is 1. The van der Waals surface area contributed by atoms with Gasteiger partial charge in [-0.1, -0.05) is 0 Å². The van der Waals surface area contributed by atoms with Crippen molar-refractivity contribution in [2.24, 2.45) is 0 Å². The molecule has 0 aliphatic carbocycles. The molecule has 0 saturated carbocycles. The van der Waals surface area contributed by atoms with Crippen molar-refractivity contribution in [1.82, 2.24) is 19.9 Å². The Morgan fingerprint density at radius 2 is 2.29 bits per heavy atom. The third-order valence-electron chi connectivity index (χ3n) is 3.83. The van der Waals surface area contributed by atoms with Crippen LogP contribution in [0, 0.1) is 11.3 Å². The Bertz CT molecular complexity index is 863. The predicted octanol–water partition coefficient (Wildman–Crippen LogP) is 2.27. The zero-order valence-corrected chi connectivity index (χ0v) is 13.6. The number of aromatic nitrogens is 4. The van der Waals surface area contributed by atoms with Crippen molar-refractivity contribution in [3.05, 3.63) is 48.3 Å². The van der Waals surface area contributed by atoms with Gasteiger partial charge in [0, 0.05) is 37.1 Å². The lowest BCUT2D eigenvalue weighted by atomic mass is 10.2. The maximum atomic E-state index is 9.00. The third-order valence-corrected chi connectivity index (χ3v) is 3.83. The maximum absolute atomic E-state index is 9.00. The first-order chi connectivity index (χ1) is 11.7. The number of methoxy groups -OCH3 is 1. The lowest BCUT2D eigenvalue weighted by Crippen LogP contribution is -2.32. The molecule has 0 spiro atoms. The Labute approximate surface area is 139 Å². The van der Waals surface area contributed by atoms with Crippen LogP contribution >= 0.6 is 0 Å². The SMILES string of the molecule is CO[C@@H](C)CN(Cc1cc(C#N)c[nH]1)c1ncnc2cnccc12. The van der Waals surface area contributed by atoms with Crippen LogP contribution in [0.1, 0.15) is 18.2 Å². The lowest BCUT2D eigenvalue weighted by Gasteiger charge is -2.26. The zero-order valence-electron chi connectivity index (χ0n) is 13.6. The molecule has 7 heteroatoms. The molecule has 1 atom stereocenters. The quantitative estimate of drug-likeness (QED) is 0.748. The van der Waals surface area contributed by atoms with E-state index in [4.69, 9.17) is 10.00 Å². The van der Waals surface area contributed by atoms with E-state index >= 15 is 0 Å². The normalized spacial score (nSPS) is 12.0. The van der Waals surface area contributed by atoms with Crippen LogP contribution in [0.5, 0.6) is 0 Å². The van der Waals surface area contributed by atoms with Crippen LogP contribution in [0.3, 0.4) is 0 Å². The molecule has 0 aromatic carbocycles. The van der Waals surface area contributed by atoms with Gasteiger partial charge in [0.15, 0.2) is 0 Å². The molecule has 24 heavy (non-hydrogen) atoms. The molecule has 7 nitrogen and oxygen atoms in total. The number of pyridine rings is 1. The van der Waals surface area contributed by atoms with Crippen molar-refractivity contribution >= 4 is 16.7 Å². The first-order valence-electron chi connectivity index (χ1n) is 7.61. The molecular weight excluding hydrogens is 304 g/mol. The van der Waals surface area contributed by atoms with Crippen molar-refractivity contribution < 1.29 is 4.74 Å². The summed E-state index contributed by atoms with van der Waals surface area (Å²) in [6.07, 6.45) is 6.73. The van der Waals surface area contributed by atoms with Gasteiger partial charge < -0.3 is 14.6 Å². The van der Waals surface area contributed by atoms with Gasteiger partial charge in [-0.3, -0.25) is 4.98 Å². The van der Waals surface area contributed by atoms with Gasteiger partial charge in [-0.2, -0.15) is 5.26 Å². The van der Waals surface area contributed by atoms with Gasteiger partial charge in [-0.25, -0.2) is 9.97 Å². The smallest absolute Gasteiger partial charge is 0.140 e. The summed E-state index contributed by atoms with van der Waals surface area (Å²) in [6, 6.07) is 5.88. The monoisotopic (exact) mass is 322 g/mol. The minimum Gasteiger partial charge on any atom is -0.380 e. The largest absolute Gasteiger partial charge is 0.380 e. The molecule has 3 aromatic heterocycles. The van der Waals surface area contributed by atoms with Crippen molar-refractivity contribution in [2.75, 3.05) is 18.6 Å². The standard InChI is InChI=1S/C17H18N6O/c1-12(24-2)9-23(10-14-5-13(6-18)7-20-14)17-15-3-4-19-8-16(15)21-11-22-17/h3-5,7-8,11-12,20H,9-10H2,1-2H3/t12-/m0/s1. The average Bonchev–Trinajstić information content (AvgIpc) is 3.08. The highest BCUT2D eigenvalue weighted by molar-refractivity contribution is 5.88. The number of H-pyrrole nitrogens is 1. The summed E-state index contributed by atoms with van der Waals surface area (Å²) < 4.78 is 5.42. The van der Waals surface area contributed by atoms with Crippen LogP contribution < -0.4 is 4.90 Å². The third kappa shape index (κ3) is 3.34. The fourth-order valence-electron chi connectivity index (χ4n) is 2.56. The van der Waals surface area contributed by atoms with Gasteiger partial charge in [0.25, 0.3) is 0 Å². The van der Waals surface area contributed by atoms with Gasteiger partial charge in [-0.15, -0.1) is 0 Å². The molecule has 0 saturated heterocycles. The van der Waals surface area contributed by atoms with E-state index in [2.05, 4.69) is 30.9 Å². The number of hydrogen-bond acceptors (Lipinski definition) is 6. The second-order valence-electron chi connectivity index (χ2n) is 5.54. The molecule has 0 aliphatic heterocycles. The molecule has 1 N–H and O–H groups in total. The van der Waals surface area contributed by atoms with Gasteiger partial charge in [-0.05, 0) is 19.1 Å². The Kier molecular flexibility index (Phi) is 4.68. The Hall–Kier alpha value is -2.98. The fraction of sp³-hybridized carbons (Fsp3) is 0.294. The van der Waals surface area contributed by atoms with Gasteiger partial charge >= 0.3 is 0 Å². The molecule has 0 unspecified atom stereocenters. The zero-order chi connectivity index (χ0) is 16.9. The van der Waals surface area contributed by atoms with E-state index in [0.717, 1.165) is 22.4 Å². The number of ether oxygens (including phenoxy) is 1. The molecule has 3 rings (SSSR count). The molecular formula is C17H18N6O. The highest BCUT2D eigenvalue weighted by Gasteiger charge is 2.16. The first kappa shape index (κ1) is 15.9. The summed E-state index contributed by atoms with van der Waals surface area (Å²) in [7, 11) is 1.69. The second kappa shape index (κ2) is 7.06. The van der Waals surface area contributed by atoms with Crippen molar-refractivity contribution in [3.63, 3.8) is 0 Å². The minimum atomic E-state index is 0.0299. The summed E-state index contributed by atoms with van der Waals surface area (Å²) in [5.41, 5.74) is 2.35. The molecule has 0 bridgehead atoms. The lowest BCUT2D eigenvalue weighted by molar-refractivity contribution is 0.122. The van der Waals surface area contributed by atoms with Crippen molar-refractivity contribution in [1.29, 1.82) is 5.26 Å². The number of nitriles is 1. The van der Waals surface area contributed by atoms with E-state index < -0.39 is 0 Å². The Morgan fingerprint density at radius 1 is 1.42 bits per heavy atom. The molecule has 3 heterocycles. The highest BCUT2D eigenvalue weighted by Crippen LogP contribution is 2.24. The van der Waals surface area contributed by atoms with Crippen molar-refractivity contribution in [2.45, 2.75) is 19.6 Å². The Morgan fingerprint density at radius 3 is 3.04 bits per heavy atom. The highest BCUT2D eigenvalue weighted by atomic mass is 16.5. The topological polar surface area (TPSA) is 90.7 Å². The molecule has 122 valence electrons. The Balaban J connectivity index is 1.98. The number of nitrogens with zero attached hydrogens (tertiary/aromatic N) is 5. The number of hydrogen-bond donors (Lipinski definition) is 1. The van der Waals surface area contributed by atoms with Crippen LogP contribution in [-0.2, 0) is 11.3 Å². The van der Waals surface area contributed by atoms with Crippen LogP contribution in [0.4, 0.5) is 5.82 Å². The molecule has 0 aliphatic rings. The molecule has 0 amide bonds. The van der Waals surface area contributed by atoms with Crippen LogP contribution in [0.2, 0.25) is 0 Å². The van der Waals surface area contributed by atoms with Crippen LogP contribution in [0.25, 0.3) is 10.9 Å². The maximum Gasteiger partial charge on any atom is 0.140 e. The molecule has 0 radical (unpaired) electrons. The number of anilines is 1. The van der Waals surface area contributed by atoms with Gasteiger partial charge in [0.2, 0.25) is 0 Å². The first-order valence-corrected chi connectivity index (χ1v) is 7.61.